The van der Waals surface area contributed by atoms with Gasteiger partial charge in [0.1, 0.15) is 0 Å². The first-order chi connectivity index (χ1) is 8.53. The van der Waals surface area contributed by atoms with Crippen LogP contribution >= 0.6 is 11.6 Å². The molecule has 0 heterocycles. The van der Waals surface area contributed by atoms with Gasteiger partial charge in [-0.15, -0.1) is 0 Å². The van der Waals surface area contributed by atoms with Crippen molar-refractivity contribution in [2.75, 3.05) is 5.75 Å². The van der Waals surface area contributed by atoms with Crippen molar-refractivity contribution in [2.24, 2.45) is 0 Å². The molecule has 0 aromatic heterocycles. The Kier molecular flexibility index (Phi) is 4.33. The molecular weight excluding hydrogens is 268 g/mol. The molecular formula is C14H19ClO2S. The molecule has 0 radical (unpaired) electrons. The highest BCUT2D eigenvalue weighted by Crippen LogP contribution is 2.36. The van der Waals surface area contributed by atoms with Crippen LogP contribution in [0.1, 0.15) is 44.1 Å². The second kappa shape index (κ2) is 5.62. The molecule has 0 aliphatic heterocycles. The van der Waals surface area contributed by atoms with Crippen molar-refractivity contribution < 1.29 is 8.42 Å². The third kappa shape index (κ3) is 3.07. The lowest BCUT2D eigenvalue weighted by Gasteiger charge is -2.28. The third-order valence-corrected chi connectivity index (χ3v) is 6.43. The van der Waals surface area contributed by atoms with Gasteiger partial charge in [-0.25, -0.2) is 8.42 Å². The van der Waals surface area contributed by atoms with E-state index in [9.17, 15) is 8.42 Å². The summed E-state index contributed by atoms with van der Waals surface area (Å²) < 4.78 is 23.7. The van der Waals surface area contributed by atoms with Gasteiger partial charge in [-0.2, -0.15) is 0 Å². The normalized spacial score (nSPS) is 25.0. The van der Waals surface area contributed by atoms with Crippen LogP contribution in [0, 0.1) is 0 Å². The maximum absolute atomic E-state index is 11.8. The van der Waals surface area contributed by atoms with Gasteiger partial charge < -0.3 is 0 Å². The summed E-state index contributed by atoms with van der Waals surface area (Å²) in [6.07, 6.45) is 3.47. The van der Waals surface area contributed by atoms with Crippen molar-refractivity contribution in [3.8, 4) is 0 Å². The quantitative estimate of drug-likeness (QED) is 0.847. The molecule has 0 N–H and O–H groups in total. The maximum atomic E-state index is 11.8. The van der Waals surface area contributed by atoms with Gasteiger partial charge in [0, 0.05) is 10.8 Å². The zero-order valence-electron chi connectivity index (χ0n) is 10.6. The first-order valence-corrected chi connectivity index (χ1v) is 8.59. The molecule has 0 amide bonds. The van der Waals surface area contributed by atoms with Gasteiger partial charge in [0.05, 0.1) is 5.25 Å². The summed E-state index contributed by atoms with van der Waals surface area (Å²) in [5, 5.41) is 0.633. The summed E-state index contributed by atoms with van der Waals surface area (Å²) >= 11 is 5.99. The van der Waals surface area contributed by atoms with Gasteiger partial charge in [-0.3, -0.25) is 0 Å². The summed E-state index contributed by atoms with van der Waals surface area (Å²) in [6.45, 7) is 1.73. The lowest BCUT2D eigenvalue weighted by Crippen LogP contribution is -2.27. The van der Waals surface area contributed by atoms with Crippen LogP contribution in [-0.4, -0.2) is 19.4 Å². The van der Waals surface area contributed by atoms with Gasteiger partial charge >= 0.3 is 0 Å². The minimum absolute atomic E-state index is 0.127. The Morgan fingerprint density at radius 2 is 1.89 bits per heavy atom. The number of sulfone groups is 1. The second-order valence-corrected chi connectivity index (χ2v) is 7.99. The highest BCUT2D eigenvalue weighted by molar-refractivity contribution is 7.92. The van der Waals surface area contributed by atoms with Crippen LogP contribution in [0.2, 0.25) is 5.02 Å². The monoisotopic (exact) mass is 286 g/mol. The van der Waals surface area contributed by atoms with E-state index in [0.29, 0.717) is 5.92 Å². The second-order valence-electron chi connectivity index (χ2n) is 4.98. The van der Waals surface area contributed by atoms with Crippen LogP contribution < -0.4 is 0 Å². The average molecular weight is 287 g/mol. The largest absolute Gasteiger partial charge is 0.229 e. The van der Waals surface area contributed by atoms with E-state index in [4.69, 9.17) is 11.6 Å². The lowest BCUT2D eigenvalue weighted by atomic mass is 9.84. The molecule has 1 aromatic rings. The molecule has 1 saturated carbocycles. The average Bonchev–Trinajstić information content (AvgIpc) is 2.39. The predicted molar refractivity (Wildman–Crippen MR) is 75.9 cm³/mol. The van der Waals surface area contributed by atoms with Gasteiger partial charge in [0.15, 0.2) is 9.84 Å². The van der Waals surface area contributed by atoms with Gasteiger partial charge in [0.2, 0.25) is 0 Å². The third-order valence-electron chi connectivity index (χ3n) is 3.90. The van der Waals surface area contributed by atoms with Crippen LogP contribution in [0.15, 0.2) is 24.3 Å². The summed E-state index contributed by atoms with van der Waals surface area (Å²) in [6, 6.07) is 7.93. The van der Waals surface area contributed by atoms with Crippen molar-refractivity contribution in [2.45, 2.75) is 43.8 Å². The maximum Gasteiger partial charge on any atom is 0.152 e. The highest BCUT2D eigenvalue weighted by atomic mass is 35.5. The van der Waals surface area contributed by atoms with Crippen molar-refractivity contribution in [3.63, 3.8) is 0 Å². The molecule has 0 bridgehead atoms. The van der Waals surface area contributed by atoms with E-state index in [1.807, 2.05) is 18.2 Å². The SMILES string of the molecule is CCS(=O)(=O)C1CCC(c2cccc(Cl)c2)CC1. The molecule has 0 atom stereocenters. The summed E-state index contributed by atoms with van der Waals surface area (Å²) in [5.41, 5.74) is 1.25. The molecule has 1 fully saturated rings. The molecule has 0 saturated heterocycles. The fourth-order valence-corrected chi connectivity index (χ4v) is 4.41. The Morgan fingerprint density at radius 1 is 1.22 bits per heavy atom. The van der Waals surface area contributed by atoms with Crippen molar-refractivity contribution in [1.29, 1.82) is 0 Å². The van der Waals surface area contributed by atoms with Gasteiger partial charge in [-0.05, 0) is 49.3 Å². The molecule has 100 valence electrons. The summed E-state index contributed by atoms with van der Waals surface area (Å²) in [5.74, 6) is 0.728. The Morgan fingerprint density at radius 3 is 2.44 bits per heavy atom. The highest BCUT2D eigenvalue weighted by Gasteiger charge is 2.30. The van der Waals surface area contributed by atoms with Gasteiger partial charge in [-0.1, -0.05) is 30.7 Å². The molecule has 0 unspecified atom stereocenters. The molecule has 18 heavy (non-hydrogen) atoms. The predicted octanol–water partition coefficient (Wildman–Crippen LogP) is 3.80. The fourth-order valence-electron chi connectivity index (χ4n) is 2.75. The van der Waals surface area contributed by atoms with E-state index in [2.05, 4.69) is 6.07 Å². The molecule has 1 aliphatic rings. The number of benzene rings is 1. The Bertz CT molecular complexity index is 502. The number of hydrogen-bond acceptors (Lipinski definition) is 2. The van der Waals surface area contributed by atoms with Gasteiger partial charge in [0.25, 0.3) is 0 Å². The first kappa shape index (κ1) is 13.9. The molecule has 2 nitrogen and oxygen atoms in total. The zero-order chi connectivity index (χ0) is 13.2. The molecule has 4 heteroatoms. The van der Waals surface area contributed by atoms with E-state index >= 15 is 0 Å². The van der Waals surface area contributed by atoms with Crippen LogP contribution in [0.4, 0.5) is 0 Å². The number of hydrogen-bond donors (Lipinski definition) is 0. The smallest absolute Gasteiger partial charge is 0.152 e. The van der Waals surface area contributed by atoms with Crippen LogP contribution in [0.3, 0.4) is 0 Å². The van der Waals surface area contributed by atoms with Crippen LogP contribution in [-0.2, 0) is 9.84 Å². The Hall–Kier alpha value is -0.540. The van der Waals surface area contributed by atoms with E-state index in [1.165, 1.54) is 5.56 Å². The molecule has 2 rings (SSSR count). The van der Waals surface area contributed by atoms with Crippen LogP contribution in [0.5, 0.6) is 0 Å². The van der Waals surface area contributed by atoms with E-state index in [1.54, 1.807) is 6.92 Å². The number of rotatable bonds is 3. The van der Waals surface area contributed by atoms with Crippen molar-refractivity contribution >= 4 is 21.4 Å². The topological polar surface area (TPSA) is 34.1 Å². The molecule has 1 aliphatic carbocycles. The summed E-state index contributed by atoms with van der Waals surface area (Å²) in [7, 11) is -2.86. The minimum Gasteiger partial charge on any atom is -0.229 e. The van der Waals surface area contributed by atoms with Crippen LogP contribution in [0.25, 0.3) is 0 Å². The lowest BCUT2D eigenvalue weighted by molar-refractivity contribution is 0.435. The summed E-state index contributed by atoms with van der Waals surface area (Å²) in [4.78, 5) is 0. The van der Waals surface area contributed by atoms with E-state index in [0.717, 1.165) is 30.7 Å². The molecule has 1 aromatic carbocycles. The van der Waals surface area contributed by atoms with E-state index in [-0.39, 0.29) is 11.0 Å². The Balaban J connectivity index is 2.03. The fraction of sp³-hybridized carbons (Fsp3) is 0.571. The molecule has 0 spiro atoms. The zero-order valence-corrected chi connectivity index (χ0v) is 12.2. The number of halogens is 1. The van der Waals surface area contributed by atoms with Crippen molar-refractivity contribution in [3.05, 3.63) is 34.9 Å². The van der Waals surface area contributed by atoms with E-state index < -0.39 is 9.84 Å². The Labute approximate surface area is 114 Å². The van der Waals surface area contributed by atoms with Crippen molar-refractivity contribution in [1.82, 2.24) is 0 Å². The first-order valence-electron chi connectivity index (χ1n) is 6.50. The standard InChI is InChI=1S/C14H19ClO2S/c1-2-18(16,17)14-8-6-11(7-9-14)12-4-3-5-13(15)10-12/h3-5,10-11,14H,2,6-9H2,1H3. The minimum atomic E-state index is -2.86.